The summed E-state index contributed by atoms with van der Waals surface area (Å²) in [6.07, 6.45) is 4.82. The number of hydrogen-bond donors (Lipinski definition) is 2. The minimum atomic E-state index is 0.0599. The number of aliphatic hydroxyl groups is 1. The molecule has 17 heavy (non-hydrogen) atoms. The fraction of sp³-hybridized carbons (Fsp3) is 0.923. The zero-order chi connectivity index (χ0) is 12.5. The first kappa shape index (κ1) is 14.5. The van der Waals surface area contributed by atoms with Gasteiger partial charge in [-0.1, -0.05) is 13.3 Å². The van der Waals surface area contributed by atoms with Gasteiger partial charge in [-0.2, -0.15) is 0 Å². The van der Waals surface area contributed by atoms with Crippen LogP contribution in [0.5, 0.6) is 0 Å². The standard InChI is InChI=1S/C13H25NO3/c1-2-7-17-8-6-13(16)14-9-11-4-3-5-12(11)10-15/h11-12,15H,2-10H2,1H3,(H,14,16). The summed E-state index contributed by atoms with van der Waals surface area (Å²) in [5, 5.41) is 12.1. The van der Waals surface area contributed by atoms with Crippen molar-refractivity contribution in [2.75, 3.05) is 26.4 Å². The van der Waals surface area contributed by atoms with Crippen molar-refractivity contribution in [2.45, 2.75) is 39.0 Å². The maximum absolute atomic E-state index is 11.5. The molecule has 1 aliphatic rings. The Morgan fingerprint density at radius 3 is 2.82 bits per heavy atom. The van der Waals surface area contributed by atoms with Crippen molar-refractivity contribution in [1.29, 1.82) is 0 Å². The SMILES string of the molecule is CCCOCCC(=O)NCC1CCCC1CO. The number of hydrogen-bond acceptors (Lipinski definition) is 3. The van der Waals surface area contributed by atoms with Gasteiger partial charge < -0.3 is 15.2 Å². The highest BCUT2D eigenvalue weighted by molar-refractivity contribution is 5.75. The van der Waals surface area contributed by atoms with E-state index in [0.717, 1.165) is 25.9 Å². The van der Waals surface area contributed by atoms with Crippen LogP contribution in [0, 0.1) is 11.8 Å². The number of nitrogens with one attached hydrogen (secondary N) is 1. The van der Waals surface area contributed by atoms with E-state index in [9.17, 15) is 4.79 Å². The zero-order valence-electron chi connectivity index (χ0n) is 10.8. The lowest BCUT2D eigenvalue weighted by Crippen LogP contribution is -2.32. The molecule has 100 valence electrons. The predicted octanol–water partition coefficient (Wildman–Crippen LogP) is 1.33. The third-order valence-corrected chi connectivity index (χ3v) is 3.43. The minimum absolute atomic E-state index is 0.0599. The highest BCUT2D eigenvalue weighted by atomic mass is 16.5. The maximum atomic E-state index is 11.5. The summed E-state index contributed by atoms with van der Waals surface area (Å²) >= 11 is 0. The molecule has 4 nitrogen and oxygen atoms in total. The van der Waals surface area contributed by atoms with Gasteiger partial charge in [-0.05, 0) is 31.1 Å². The third kappa shape index (κ3) is 5.50. The van der Waals surface area contributed by atoms with Crippen LogP contribution >= 0.6 is 0 Å². The molecule has 2 atom stereocenters. The molecule has 0 aromatic rings. The molecule has 0 bridgehead atoms. The van der Waals surface area contributed by atoms with Crippen molar-refractivity contribution in [3.8, 4) is 0 Å². The molecule has 1 saturated carbocycles. The van der Waals surface area contributed by atoms with Gasteiger partial charge >= 0.3 is 0 Å². The van der Waals surface area contributed by atoms with Gasteiger partial charge in [-0.25, -0.2) is 0 Å². The van der Waals surface area contributed by atoms with Crippen molar-refractivity contribution in [3.05, 3.63) is 0 Å². The molecule has 2 N–H and O–H groups in total. The summed E-state index contributed by atoms with van der Waals surface area (Å²) < 4.78 is 5.27. The van der Waals surface area contributed by atoms with Crippen LogP contribution in [0.25, 0.3) is 0 Å². The van der Waals surface area contributed by atoms with Crippen LogP contribution in [-0.4, -0.2) is 37.4 Å². The molecule has 0 spiro atoms. The van der Waals surface area contributed by atoms with Crippen molar-refractivity contribution >= 4 is 5.91 Å². The Morgan fingerprint density at radius 2 is 2.12 bits per heavy atom. The molecule has 2 unspecified atom stereocenters. The van der Waals surface area contributed by atoms with Crippen LogP contribution < -0.4 is 5.32 Å². The lowest BCUT2D eigenvalue weighted by atomic mass is 9.97. The highest BCUT2D eigenvalue weighted by Crippen LogP contribution is 2.30. The lowest BCUT2D eigenvalue weighted by molar-refractivity contribution is -0.122. The van der Waals surface area contributed by atoms with Crippen molar-refractivity contribution in [2.24, 2.45) is 11.8 Å². The molecule has 0 aromatic heterocycles. The number of amides is 1. The number of carbonyl (C=O) groups is 1. The summed E-state index contributed by atoms with van der Waals surface area (Å²) in [5.74, 6) is 0.900. The Balaban J connectivity index is 2.06. The molecule has 4 heteroatoms. The molecule has 0 radical (unpaired) electrons. The van der Waals surface area contributed by atoms with E-state index >= 15 is 0 Å². The van der Waals surface area contributed by atoms with E-state index in [0.29, 0.717) is 31.4 Å². The smallest absolute Gasteiger partial charge is 0.222 e. The van der Waals surface area contributed by atoms with E-state index in [2.05, 4.69) is 12.2 Å². The summed E-state index contributed by atoms with van der Waals surface area (Å²) in [6.45, 7) is 4.24. The van der Waals surface area contributed by atoms with Gasteiger partial charge in [0.25, 0.3) is 0 Å². The molecular weight excluding hydrogens is 218 g/mol. The maximum Gasteiger partial charge on any atom is 0.222 e. The molecule has 0 aromatic carbocycles. The van der Waals surface area contributed by atoms with Crippen LogP contribution in [0.15, 0.2) is 0 Å². The predicted molar refractivity (Wildman–Crippen MR) is 66.7 cm³/mol. The van der Waals surface area contributed by atoms with Crippen molar-refractivity contribution in [1.82, 2.24) is 5.32 Å². The second-order valence-corrected chi connectivity index (χ2v) is 4.80. The first-order valence-corrected chi connectivity index (χ1v) is 6.73. The first-order valence-electron chi connectivity index (χ1n) is 6.73. The van der Waals surface area contributed by atoms with Gasteiger partial charge in [0.15, 0.2) is 0 Å². The minimum Gasteiger partial charge on any atom is -0.396 e. The van der Waals surface area contributed by atoms with Crippen molar-refractivity contribution < 1.29 is 14.6 Å². The van der Waals surface area contributed by atoms with Gasteiger partial charge in [0.1, 0.15) is 0 Å². The lowest BCUT2D eigenvalue weighted by Gasteiger charge is -2.17. The van der Waals surface area contributed by atoms with E-state index in [1.165, 1.54) is 6.42 Å². The quantitative estimate of drug-likeness (QED) is 0.632. The van der Waals surface area contributed by atoms with E-state index in [-0.39, 0.29) is 12.5 Å². The Labute approximate surface area is 104 Å². The van der Waals surface area contributed by atoms with E-state index < -0.39 is 0 Å². The fourth-order valence-electron chi connectivity index (χ4n) is 2.37. The van der Waals surface area contributed by atoms with Crippen LogP contribution in [-0.2, 0) is 9.53 Å². The Hall–Kier alpha value is -0.610. The van der Waals surface area contributed by atoms with Crippen LogP contribution in [0.2, 0.25) is 0 Å². The third-order valence-electron chi connectivity index (χ3n) is 3.43. The Bertz CT molecular complexity index is 221. The topological polar surface area (TPSA) is 58.6 Å². The number of aliphatic hydroxyl groups excluding tert-OH is 1. The highest BCUT2D eigenvalue weighted by Gasteiger charge is 2.26. The van der Waals surface area contributed by atoms with Crippen LogP contribution in [0.1, 0.15) is 39.0 Å². The first-order chi connectivity index (χ1) is 8.27. The monoisotopic (exact) mass is 243 g/mol. The van der Waals surface area contributed by atoms with E-state index in [1.54, 1.807) is 0 Å². The Kier molecular flexibility index (Phi) is 7.21. The largest absolute Gasteiger partial charge is 0.396 e. The fourth-order valence-corrected chi connectivity index (χ4v) is 2.37. The summed E-state index contributed by atoms with van der Waals surface area (Å²) in [5.41, 5.74) is 0. The van der Waals surface area contributed by atoms with Gasteiger partial charge in [0.2, 0.25) is 5.91 Å². The number of ether oxygens (including phenoxy) is 1. The second-order valence-electron chi connectivity index (χ2n) is 4.80. The van der Waals surface area contributed by atoms with Crippen LogP contribution in [0.4, 0.5) is 0 Å². The average molecular weight is 243 g/mol. The normalized spacial score (nSPS) is 23.9. The van der Waals surface area contributed by atoms with E-state index in [1.807, 2.05) is 0 Å². The summed E-state index contributed by atoms with van der Waals surface area (Å²) in [6, 6.07) is 0. The van der Waals surface area contributed by atoms with Gasteiger partial charge in [-0.15, -0.1) is 0 Å². The van der Waals surface area contributed by atoms with Gasteiger partial charge in [0.05, 0.1) is 6.61 Å². The number of carbonyl (C=O) groups excluding carboxylic acids is 1. The molecule has 0 aliphatic heterocycles. The molecule has 0 heterocycles. The molecule has 1 aliphatic carbocycles. The van der Waals surface area contributed by atoms with Gasteiger partial charge in [-0.3, -0.25) is 4.79 Å². The molecule has 1 amide bonds. The van der Waals surface area contributed by atoms with Gasteiger partial charge in [0, 0.05) is 26.2 Å². The molecule has 0 saturated heterocycles. The average Bonchev–Trinajstić information content (AvgIpc) is 2.79. The van der Waals surface area contributed by atoms with Crippen molar-refractivity contribution in [3.63, 3.8) is 0 Å². The summed E-state index contributed by atoms with van der Waals surface area (Å²) in [7, 11) is 0. The number of rotatable bonds is 8. The van der Waals surface area contributed by atoms with E-state index in [4.69, 9.17) is 9.84 Å². The Morgan fingerprint density at radius 1 is 1.35 bits per heavy atom. The molecule has 1 rings (SSSR count). The molecular formula is C13H25NO3. The van der Waals surface area contributed by atoms with Crippen LogP contribution in [0.3, 0.4) is 0 Å². The molecule has 1 fully saturated rings. The summed E-state index contributed by atoms with van der Waals surface area (Å²) in [4.78, 5) is 11.5. The second kappa shape index (κ2) is 8.48. The zero-order valence-corrected chi connectivity index (χ0v) is 10.8.